The predicted molar refractivity (Wildman–Crippen MR) is 135 cm³/mol. The van der Waals surface area contributed by atoms with E-state index in [1.54, 1.807) is 31.2 Å². The second-order valence-electron chi connectivity index (χ2n) is 8.01. The standard InChI is InChI=1S/C22H28N11O8.3Li/c1-2-23-22(40)41-21-26-10-25-18(33-21)27-11-3-5-12(6-4-11)28-19-30-17(24-8-13(35)9-34)31-20(32-19)29-14(16(38)39)7-15(36)37;;;/h3-6,13-14,22-23,34-35,40H,2,7-9H2,1H3,(H,36,37)(H,38,39)(H,25,26,27,33)(H3,24,28,29,30,31,32);;;/q-1;3*+1/p-2. The summed E-state index contributed by atoms with van der Waals surface area (Å²) in [6.45, 7) is 1.54. The van der Waals surface area contributed by atoms with Crippen molar-refractivity contribution in [2.45, 2.75) is 31.9 Å². The van der Waals surface area contributed by atoms with E-state index in [-0.39, 0.29) is 92.9 Å². The van der Waals surface area contributed by atoms with Gasteiger partial charge in [-0.15, -0.1) is 0 Å². The third kappa shape index (κ3) is 14.1. The molecule has 0 saturated carbocycles. The Hall–Kier alpha value is -3.19. The molecule has 0 spiro atoms. The summed E-state index contributed by atoms with van der Waals surface area (Å²) in [5.74, 6) is -3.79. The number of anilines is 6. The zero-order chi connectivity index (χ0) is 29.8. The number of nitrogens with zero attached hydrogens (tertiary/aromatic N) is 6. The molecule has 0 saturated heterocycles. The van der Waals surface area contributed by atoms with Crippen LogP contribution in [0.15, 0.2) is 24.3 Å². The van der Waals surface area contributed by atoms with Crippen molar-refractivity contribution in [2.24, 2.45) is 0 Å². The van der Waals surface area contributed by atoms with Gasteiger partial charge in [0.1, 0.15) is 5.95 Å². The molecule has 3 unspecified atom stereocenters. The van der Waals surface area contributed by atoms with Gasteiger partial charge in [-0.05, 0) is 30.8 Å². The second kappa shape index (κ2) is 20.7. The van der Waals surface area contributed by atoms with Gasteiger partial charge < -0.3 is 71.1 Å². The molecule has 3 aromatic rings. The minimum absolute atomic E-state index is 0. The van der Waals surface area contributed by atoms with Gasteiger partial charge in [-0.25, -0.2) is 0 Å². The zero-order valence-electron chi connectivity index (χ0n) is 24.4. The molecule has 0 aliphatic heterocycles. The van der Waals surface area contributed by atoms with Crippen LogP contribution in [0, 0.1) is 6.33 Å². The minimum atomic E-state index is -1.72. The number of carboxylic acid groups (broad SMARTS) is 2. The maximum absolute atomic E-state index is 11.3. The molecule has 3 atom stereocenters. The summed E-state index contributed by atoms with van der Waals surface area (Å²) in [7, 11) is 0. The maximum atomic E-state index is 11.3. The van der Waals surface area contributed by atoms with Gasteiger partial charge in [0.25, 0.3) is 0 Å². The molecule has 0 amide bonds. The topological polar surface area (TPSA) is 288 Å². The van der Waals surface area contributed by atoms with Gasteiger partial charge in [0.05, 0.1) is 24.7 Å². The normalized spacial score (nSPS) is 12.1. The summed E-state index contributed by atoms with van der Waals surface area (Å²) < 4.78 is 5.11. The Morgan fingerprint density at radius 2 is 1.50 bits per heavy atom. The van der Waals surface area contributed by atoms with Crippen LogP contribution in [0.4, 0.5) is 35.2 Å². The molecule has 19 nitrogen and oxygen atoms in total. The molecule has 0 aliphatic carbocycles. The molecule has 44 heavy (non-hydrogen) atoms. The molecule has 0 radical (unpaired) electrons. The van der Waals surface area contributed by atoms with Gasteiger partial charge in [0.2, 0.25) is 30.3 Å². The number of carbonyl (C=O) groups is 2. The molecule has 2 heterocycles. The fraction of sp³-hybridized carbons (Fsp3) is 0.364. The van der Waals surface area contributed by atoms with Crippen LogP contribution in [0.3, 0.4) is 0 Å². The van der Waals surface area contributed by atoms with Crippen LogP contribution in [-0.2, 0) is 9.59 Å². The van der Waals surface area contributed by atoms with E-state index in [1.165, 1.54) is 0 Å². The van der Waals surface area contributed by atoms with Crippen LogP contribution in [-0.4, -0.2) is 95.4 Å². The molecule has 0 fully saturated rings. The molecule has 3 rings (SSSR count). The van der Waals surface area contributed by atoms with Gasteiger partial charge in [0, 0.05) is 36.6 Å². The Kier molecular flexibility index (Phi) is 19.2. The number of rotatable bonds is 17. The molecule has 220 valence electrons. The van der Waals surface area contributed by atoms with E-state index >= 15 is 0 Å². The van der Waals surface area contributed by atoms with Crippen LogP contribution in [0.5, 0.6) is 6.01 Å². The maximum Gasteiger partial charge on any atom is 1.00 e. The Bertz CT molecular complexity index is 1320. The summed E-state index contributed by atoms with van der Waals surface area (Å²) in [5.41, 5.74) is 1.02. The fourth-order valence-electron chi connectivity index (χ4n) is 2.94. The SMILES string of the molecule is CCNC(O)Oc1n[c-]nc(Nc2ccc(Nc3nc(NCC(O)CO)nc(NC(CC(=O)[O-])C(=O)[O-])n3)cc2)n1.[Li+].[Li+].[Li+]. The van der Waals surface area contributed by atoms with Gasteiger partial charge in [-0.2, -0.15) is 15.0 Å². The summed E-state index contributed by atoms with van der Waals surface area (Å²) in [6.07, 6.45) is -1.01. The van der Waals surface area contributed by atoms with Crippen molar-refractivity contribution < 1.29 is 96.4 Å². The molecular formula is C22H26Li3N11O8. The van der Waals surface area contributed by atoms with Crippen molar-refractivity contribution in [3.63, 3.8) is 0 Å². The molecule has 22 heteroatoms. The van der Waals surface area contributed by atoms with Gasteiger partial charge >= 0.3 is 56.6 Å². The van der Waals surface area contributed by atoms with E-state index in [0.29, 0.717) is 17.9 Å². The van der Waals surface area contributed by atoms with E-state index in [1.807, 2.05) is 0 Å². The van der Waals surface area contributed by atoms with Crippen molar-refractivity contribution in [1.82, 2.24) is 35.2 Å². The predicted octanol–water partition coefficient (Wildman–Crippen LogP) is -12.9. The number of carbonyl (C=O) groups excluding carboxylic acids is 2. The zero-order valence-corrected chi connectivity index (χ0v) is 24.4. The van der Waals surface area contributed by atoms with Crippen molar-refractivity contribution in [1.29, 1.82) is 0 Å². The van der Waals surface area contributed by atoms with E-state index in [0.717, 1.165) is 0 Å². The van der Waals surface area contributed by atoms with Crippen molar-refractivity contribution >= 4 is 47.1 Å². The van der Waals surface area contributed by atoms with Gasteiger partial charge in [0.15, 0.2) is 0 Å². The Labute approximate surface area is 287 Å². The number of benzene rings is 1. The van der Waals surface area contributed by atoms with E-state index < -0.39 is 43.5 Å². The monoisotopic (exact) mass is 593 g/mol. The summed E-state index contributed by atoms with van der Waals surface area (Å²) in [4.78, 5) is 46.0. The average molecular weight is 593 g/mol. The third-order valence-electron chi connectivity index (χ3n) is 4.80. The van der Waals surface area contributed by atoms with Crippen LogP contribution in [0.2, 0.25) is 0 Å². The summed E-state index contributed by atoms with van der Waals surface area (Å²) in [5, 5.41) is 64.0. The van der Waals surface area contributed by atoms with Gasteiger partial charge in [-0.1, -0.05) is 6.92 Å². The number of hydrogen-bond donors (Lipinski definition) is 8. The number of aromatic nitrogens is 6. The first-order valence-corrected chi connectivity index (χ1v) is 12.0. The first-order chi connectivity index (χ1) is 19.6. The molecule has 0 aliphatic rings. The first kappa shape index (κ1) is 40.8. The molecule has 2 aromatic heterocycles. The number of ether oxygens (including phenoxy) is 1. The Morgan fingerprint density at radius 1 is 0.909 bits per heavy atom. The quantitative estimate of drug-likeness (QED) is 0.0409. The number of carboxylic acids is 2. The smallest absolute Gasteiger partial charge is 0.550 e. The van der Waals surface area contributed by atoms with Crippen molar-refractivity contribution in [3.05, 3.63) is 30.6 Å². The van der Waals surface area contributed by atoms with Crippen LogP contribution >= 0.6 is 0 Å². The van der Waals surface area contributed by atoms with E-state index in [9.17, 15) is 30.0 Å². The third-order valence-corrected chi connectivity index (χ3v) is 4.80. The average Bonchev–Trinajstić information content (AvgIpc) is 2.92. The van der Waals surface area contributed by atoms with Crippen LogP contribution in [0.1, 0.15) is 13.3 Å². The molecule has 0 bridgehead atoms. The first-order valence-electron chi connectivity index (χ1n) is 12.0. The molecular weight excluding hydrogens is 567 g/mol. The number of aliphatic carboxylic acids is 2. The number of aliphatic hydroxyl groups excluding tert-OH is 3. The number of hydrogen-bond acceptors (Lipinski definition) is 19. The van der Waals surface area contributed by atoms with Gasteiger partial charge in [-0.3, -0.25) is 10.3 Å². The minimum Gasteiger partial charge on any atom is -0.550 e. The molecule has 1 aromatic carbocycles. The van der Waals surface area contributed by atoms with E-state index in [4.69, 9.17) is 9.84 Å². The fourth-order valence-corrected chi connectivity index (χ4v) is 2.94. The Morgan fingerprint density at radius 3 is 2.07 bits per heavy atom. The van der Waals surface area contributed by atoms with Crippen LogP contribution in [0.25, 0.3) is 0 Å². The van der Waals surface area contributed by atoms with Crippen molar-refractivity contribution in [2.75, 3.05) is 41.0 Å². The number of aliphatic hydroxyl groups is 3. The number of nitrogens with one attached hydrogen (secondary N) is 5. The molecule has 8 N–H and O–H groups in total. The van der Waals surface area contributed by atoms with E-state index in [2.05, 4.69) is 62.8 Å². The Balaban J connectivity index is 0.00000616. The second-order valence-corrected chi connectivity index (χ2v) is 8.01. The summed E-state index contributed by atoms with van der Waals surface area (Å²) in [6, 6.07) is 4.66. The van der Waals surface area contributed by atoms with Crippen molar-refractivity contribution in [3.8, 4) is 6.01 Å². The largest absolute Gasteiger partial charge is 1.00 e. The van der Waals surface area contributed by atoms with Crippen LogP contribution < -0.4 is 98.1 Å². The summed E-state index contributed by atoms with van der Waals surface area (Å²) >= 11 is 0.